The Balaban J connectivity index is 1.77. The van der Waals surface area contributed by atoms with Crippen molar-refractivity contribution >= 4 is 17.5 Å². The minimum absolute atomic E-state index is 0.100. The molecule has 0 radical (unpaired) electrons. The van der Waals surface area contributed by atoms with Crippen LogP contribution in [-0.2, 0) is 19.1 Å². The van der Waals surface area contributed by atoms with Gasteiger partial charge in [0, 0.05) is 18.3 Å². The molecule has 19 heavy (non-hydrogen) atoms. The summed E-state index contributed by atoms with van der Waals surface area (Å²) in [5, 5.41) is 0. The second-order valence-corrected chi connectivity index (χ2v) is 6.19. The molecule has 0 spiro atoms. The summed E-state index contributed by atoms with van der Waals surface area (Å²) in [5.74, 6) is 0.591. The van der Waals surface area contributed by atoms with Gasteiger partial charge in [-0.1, -0.05) is 6.08 Å². The smallest absolute Gasteiger partial charge is 0.341 e. The van der Waals surface area contributed by atoms with Crippen LogP contribution in [0.1, 0.15) is 19.8 Å². The molecular weight excluding hydrogens is 244 g/mol. The molecule has 6 atom stereocenters. The second kappa shape index (κ2) is 3.56. The topological polar surface area (TPSA) is 60.4 Å². The van der Waals surface area contributed by atoms with Gasteiger partial charge < -0.3 is 4.74 Å². The fourth-order valence-corrected chi connectivity index (χ4v) is 5.11. The lowest BCUT2D eigenvalue weighted by molar-refractivity contribution is -0.142. The maximum Gasteiger partial charge on any atom is 0.341 e. The molecule has 0 aliphatic heterocycles. The molecule has 0 saturated heterocycles. The zero-order chi connectivity index (χ0) is 13.3. The zero-order valence-electron chi connectivity index (χ0n) is 10.8. The molecule has 100 valence electrons. The van der Waals surface area contributed by atoms with Gasteiger partial charge in [0.25, 0.3) is 0 Å². The fourth-order valence-electron chi connectivity index (χ4n) is 5.11. The Labute approximate surface area is 111 Å². The van der Waals surface area contributed by atoms with Crippen molar-refractivity contribution in [2.45, 2.75) is 19.8 Å². The summed E-state index contributed by atoms with van der Waals surface area (Å²) < 4.78 is 4.97. The van der Waals surface area contributed by atoms with Crippen LogP contribution in [-0.4, -0.2) is 24.1 Å². The Morgan fingerprint density at radius 3 is 2.79 bits per heavy atom. The maximum atomic E-state index is 12.5. The number of hydrogen-bond donors (Lipinski definition) is 0. The summed E-state index contributed by atoms with van der Waals surface area (Å²) >= 11 is 0. The van der Waals surface area contributed by atoms with Crippen LogP contribution in [0.15, 0.2) is 11.6 Å². The number of rotatable bonds is 2. The van der Waals surface area contributed by atoms with E-state index in [9.17, 15) is 14.4 Å². The van der Waals surface area contributed by atoms with Crippen molar-refractivity contribution in [1.82, 2.24) is 0 Å². The van der Waals surface area contributed by atoms with Gasteiger partial charge in [-0.05, 0) is 37.0 Å². The summed E-state index contributed by atoms with van der Waals surface area (Å²) in [5.41, 5.74) is 0.207. The minimum atomic E-state index is -0.506. The number of ketones is 2. The Hall–Kier alpha value is -1.45. The second-order valence-electron chi connectivity index (χ2n) is 6.19. The predicted molar refractivity (Wildman–Crippen MR) is 64.9 cm³/mol. The van der Waals surface area contributed by atoms with E-state index in [4.69, 9.17) is 4.74 Å². The molecule has 0 aromatic rings. The molecule has 4 aliphatic rings. The predicted octanol–water partition coefficient (Wildman–Crippen LogP) is 1.15. The molecule has 0 aromatic carbocycles. The van der Waals surface area contributed by atoms with E-state index in [0.29, 0.717) is 24.2 Å². The normalized spacial score (nSPS) is 45.6. The molecular formula is C15H16O4. The molecule has 4 aliphatic carbocycles. The lowest BCUT2D eigenvalue weighted by Crippen LogP contribution is -2.41. The fraction of sp³-hybridized carbons (Fsp3) is 0.667. The van der Waals surface area contributed by atoms with Crippen LogP contribution in [0.4, 0.5) is 0 Å². The van der Waals surface area contributed by atoms with Crippen LogP contribution >= 0.6 is 0 Å². The number of esters is 1. The Kier molecular flexibility index (Phi) is 2.13. The number of carbonyl (C=O) groups excluding carboxylic acids is 3. The van der Waals surface area contributed by atoms with E-state index in [2.05, 4.69) is 0 Å². The molecule has 0 aromatic heterocycles. The zero-order valence-corrected chi connectivity index (χ0v) is 10.8. The average molecular weight is 260 g/mol. The van der Waals surface area contributed by atoms with Gasteiger partial charge in [0.05, 0.1) is 12.2 Å². The standard InChI is InChI=1S/C15H16O4/c1-2-19-15(18)10-3-6-7-5-11(16)12-8(7)4-9(6)13(12)14(10)17/h3,6-9,12-13H,2,4-5H2,1H3. The van der Waals surface area contributed by atoms with Crippen molar-refractivity contribution in [3.63, 3.8) is 0 Å². The van der Waals surface area contributed by atoms with Gasteiger partial charge in [0.15, 0.2) is 5.78 Å². The first kappa shape index (κ1) is 11.4. The third kappa shape index (κ3) is 1.22. The number of fused-ring (bicyclic) bond motifs is 2. The van der Waals surface area contributed by atoms with Crippen LogP contribution in [0.5, 0.6) is 0 Å². The molecule has 2 bridgehead atoms. The number of Topliss-reactive ketones (excluding diaryl/α,β-unsaturated/α-hetero) is 2. The monoisotopic (exact) mass is 260 g/mol. The minimum Gasteiger partial charge on any atom is -0.462 e. The van der Waals surface area contributed by atoms with Gasteiger partial charge in [0.1, 0.15) is 5.78 Å². The molecule has 0 N–H and O–H groups in total. The Bertz CT molecular complexity index is 532. The quantitative estimate of drug-likeness (QED) is 0.552. The number of ether oxygens (including phenoxy) is 1. The van der Waals surface area contributed by atoms with Crippen LogP contribution in [0, 0.1) is 35.5 Å². The van der Waals surface area contributed by atoms with Crippen LogP contribution in [0.2, 0.25) is 0 Å². The third-order valence-corrected chi connectivity index (χ3v) is 5.62. The molecule has 4 nitrogen and oxygen atoms in total. The van der Waals surface area contributed by atoms with Gasteiger partial charge in [-0.3, -0.25) is 9.59 Å². The van der Waals surface area contributed by atoms with Crippen molar-refractivity contribution in [2.24, 2.45) is 35.5 Å². The van der Waals surface area contributed by atoms with Crippen LogP contribution in [0.25, 0.3) is 0 Å². The summed E-state index contributed by atoms with van der Waals surface area (Å²) in [4.78, 5) is 36.5. The number of carbonyl (C=O) groups is 3. The van der Waals surface area contributed by atoms with E-state index in [1.54, 1.807) is 6.92 Å². The van der Waals surface area contributed by atoms with Gasteiger partial charge in [-0.25, -0.2) is 4.79 Å². The Morgan fingerprint density at radius 1 is 1.26 bits per heavy atom. The van der Waals surface area contributed by atoms with Crippen molar-refractivity contribution in [2.75, 3.05) is 6.61 Å². The number of allylic oxidation sites excluding steroid dienone is 1. The van der Waals surface area contributed by atoms with E-state index in [-0.39, 0.29) is 41.5 Å². The molecule has 4 rings (SSSR count). The molecule has 3 saturated carbocycles. The lowest BCUT2D eigenvalue weighted by Gasteiger charge is -2.35. The highest BCUT2D eigenvalue weighted by Gasteiger charge is 2.67. The Morgan fingerprint density at radius 2 is 2.05 bits per heavy atom. The number of hydrogen-bond acceptors (Lipinski definition) is 4. The van der Waals surface area contributed by atoms with Crippen molar-refractivity contribution in [1.29, 1.82) is 0 Å². The van der Waals surface area contributed by atoms with Gasteiger partial charge in [0.2, 0.25) is 0 Å². The van der Waals surface area contributed by atoms with Gasteiger partial charge >= 0.3 is 5.97 Å². The van der Waals surface area contributed by atoms with E-state index in [1.807, 2.05) is 6.08 Å². The average Bonchev–Trinajstić information content (AvgIpc) is 2.97. The first-order valence-corrected chi connectivity index (χ1v) is 7.09. The molecule has 0 heterocycles. The summed E-state index contributed by atoms with van der Waals surface area (Å²) in [6, 6.07) is 0. The first-order chi connectivity index (χ1) is 9.13. The van der Waals surface area contributed by atoms with E-state index >= 15 is 0 Å². The third-order valence-electron chi connectivity index (χ3n) is 5.62. The van der Waals surface area contributed by atoms with Gasteiger partial charge in [-0.15, -0.1) is 0 Å². The van der Waals surface area contributed by atoms with Crippen molar-refractivity contribution in [3.8, 4) is 0 Å². The van der Waals surface area contributed by atoms with Crippen LogP contribution < -0.4 is 0 Å². The van der Waals surface area contributed by atoms with Gasteiger partial charge in [-0.2, -0.15) is 0 Å². The van der Waals surface area contributed by atoms with Crippen molar-refractivity contribution in [3.05, 3.63) is 11.6 Å². The maximum absolute atomic E-state index is 12.5. The van der Waals surface area contributed by atoms with E-state index in [1.165, 1.54) is 0 Å². The summed E-state index contributed by atoms with van der Waals surface area (Å²) in [6.45, 7) is 2.01. The molecule has 6 unspecified atom stereocenters. The van der Waals surface area contributed by atoms with E-state index in [0.717, 1.165) is 6.42 Å². The molecule has 0 amide bonds. The highest BCUT2D eigenvalue weighted by molar-refractivity contribution is 6.20. The molecule has 4 heteroatoms. The van der Waals surface area contributed by atoms with E-state index < -0.39 is 5.97 Å². The highest BCUT2D eigenvalue weighted by atomic mass is 16.5. The largest absolute Gasteiger partial charge is 0.462 e. The van der Waals surface area contributed by atoms with Crippen molar-refractivity contribution < 1.29 is 19.1 Å². The highest BCUT2D eigenvalue weighted by Crippen LogP contribution is 2.66. The van der Waals surface area contributed by atoms with Crippen LogP contribution in [0.3, 0.4) is 0 Å². The SMILES string of the molecule is CCOC(=O)C1=CC2C3CC(=O)C4C3CC2C4C1=O. The summed E-state index contributed by atoms with van der Waals surface area (Å²) in [6.07, 6.45) is 3.42. The lowest BCUT2D eigenvalue weighted by atomic mass is 9.66. The summed E-state index contributed by atoms with van der Waals surface area (Å²) in [7, 11) is 0. The molecule has 3 fully saturated rings. The first-order valence-electron chi connectivity index (χ1n) is 7.09.